The summed E-state index contributed by atoms with van der Waals surface area (Å²) in [6, 6.07) is 10.9. The molecule has 1 aromatic heterocycles. The fourth-order valence-electron chi connectivity index (χ4n) is 2.85. The first-order valence-corrected chi connectivity index (χ1v) is 7.57. The van der Waals surface area contributed by atoms with Gasteiger partial charge in [0.05, 0.1) is 5.52 Å². The van der Waals surface area contributed by atoms with Crippen molar-refractivity contribution in [1.29, 1.82) is 0 Å². The highest BCUT2D eigenvalue weighted by Gasteiger charge is 2.18. The van der Waals surface area contributed by atoms with Crippen molar-refractivity contribution in [3.63, 3.8) is 0 Å². The largest absolute Gasteiger partial charge is 0.315 e. The average Bonchev–Trinajstić information content (AvgIpc) is 2.49. The molecule has 1 atom stereocenters. The smallest absolute Gasteiger partial charge is 0.134 e. The normalized spacial score (nSPS) is 19.6. The van der Waals surface area contributed by atoms with E-state index in [0.717, 1.165) is 36.1 Å². The van der Waals surface area contributed by atoms with Gasteiger partial charge in [0.25, 0.3) is 0 Å². The zero-order chi connectivity index (χ0) is 13.9. The number of hydrogen-bond acceptors (Lipinski definition) is 3. The summed E-state index contributed by atoms with van der Waals surface area (Å²) in [4.78, 5) is 6.88. The van der Waals surface area contributed by atoms with Crippen molar-refractivity contribution in [2.24, 2.45) is 0 Å². The Hall–Kier alpha value is -1.16. The predicted octanol–water partition coefficient (Wildman–Crippen LogP) is 3.07. The number of nitrogens with one attached hydrogen (secondary N) is 1. The molecular weight excluding hydrogens is 270 g/mol. The molecule has 1 aliphatic heterocycles. The summed E-state index contributed by atoms with van der Waals surface area (Å²) >= 11 is 6.33. The molecule has 0 spiro atoms. The number of piperidine rings is 1. The van der Waals surface area contributed by atoms with Crippen molar-refractivity contribution in [1.82, 2.24) is 15.2 Å². The Bertz CT molecular complexity index is 593. The van der Waals surface area contributed by atoms with Crippen LogP contribution in [0.25, 0.3) is 10.9 Å². The molecular formula is C16H20ClN3. The maximum atomic E-state index is 6.33. The number of likely N-dealkylation sites (N-methyl/N-ethyl adjacent to an activating group) is 1. The molecule has 0 bridgehead atoms. The van der Waals surface area contributed by atoms with E-state index >= 15 is 0 Å². The molecule has 3 rings (SSSR count). The van der Waals surface area contributed by atoms with Crippen LogP contribution in [0, 0.1) is 0 Å². The van der Waals surface area contributed by atoms with Gasteiger partial charge >= 0.3 is 0 Å². The first-order valence-electron chi connectivity index (χ1n) is 7.19. The van der Waals surface area contributed by atoms with Gasteiger partial charge in [-0.1, -0.05) is 29.8 Å². The third-order valence-corrected chi connectivity index (χ3v) is 4.39. The second-order valence-electron chi connectivity index (χ2n) is 5.55. The maximum Gasteiger partial charge on any atom is 0.134 e. The number of nitrogens with zero attached hydrogens (tertiary/aromatic N) is 2. The summed E-state index contributed by atoms with van der Waals surface area (Å²) in [6.07, 6.45) is 2.50. The van der Waals surface area contributed by atoms with E-state index in [9.17, 15) is 0 Å². The van der Waals surface area contributed by atoms with Gasteiger partial charge in [0.15, 0.2) is 0 Å². The summed E-state index contributed by atoms with van der Waals surface area (Å²) < 4.78 is 0. The molecule has 3 nitrogen and oxygen atoms in total. The van der Waals surface area contributed by atoms with Crippen LogP contribution in [0.1, 0.15) is 18.4 Å². The minimum atomic E-state index is 0.589. The average molecular weight is 290 g/mol. The lowest BCUT2D eigenvalue weighted by atomic mass is 10.1. The van der Waals surface area contributed by atoms with Crippen LogP contribution < -0.4 is 5.32 Å². The topological polar surface area (TPSA) is 28.2 Å². The van der Waals surface area contributed by atoms with Crippen LogP contribution in [0.4, 0.5) is 0 Å². The predicted molar refractivity (Wildman–Crippen MR) is 84.1 cm³/mol. The molecule has 1 saturated heterocycles. The van der Waals surface area contributed by atoms with Crippen molar-refractivity contribution in [3.8, 4) is 0 Å². The highest BCUT2D eigenvalue weighted by atomic mass is 35.5. The number of fused-ring (bicyclic) bond motifs is 1. The number of hydrogen-bond donors (Lipinski definition) is 1. The summed E-state index contributed by atoms with van der Waals surface area (Å²) in [7, 11) is 2.17. The van der Waals surface area contributed by atoms with E-state index in [4.69, 9.17) is 11.6 Å². The monoisotopic (exact) mass is 289 g/mol. The zero-order valence-corrected chi connectivity index (χ0v) is 12.5. The van der Waals surface area contributed by atoms with Crippen LogP contribution in [-0.2, 0) is 6.54 Å². The van der Waals surface area contributed by atoms with Crippen LogP contribution in [0.3, 0.4) is 0 Å². The quantitative estimate of drug-likeness (QED) is 0.880. The molecule has 20 heavy (non-hydrogen) atoms. The molecule has 106 valence electrons. The van der Waals surface area contributed by atoms with Crippen LogP contribution >= 0.6 is 11.6 Å². The Balaban J connectivity index is 1.80. The lowest BCUT2D eigenvalue weighted by Crippen LogP contribution is -2.43. The fraction of sp³-hybridized carbons (Fsp3) is 0.438. The van der Waals surface area contributed by atoms with E-state index in [1.807, 2.05) is 18.2 Å². The lowest BCUT2D eigenvalue weighted by molar-refractivity contribution is 0.196. The Morgan fingerprint density at radius 2 is 2.25 bits per heavy atom. The molecule has 1 unspecified atom stereocenters. The van der Waals surface area contributed by atoms with E-state index in [1.54, 1.807) is 0 Å². The first-order chi connectivity index (χ1) is 9.74. The first kappa shape index (κ1) is 13.8. The number of aromatic nitrogens is 1. The van der Waals surface area contributed by atoms with E-state index in [0.29, 0.717) is 11.2 Å². The molecule has 2 heterocycles. The third-order valence-electron chi connectivity index (χ3n) is 4.06. The Morgan fingerprint density at radius 1 is 1.40 bits per heavy atom. The maximum absolute atomic E-state index is 6.33. The van der Waals surface area contributed by atoms with Gasteiger partial charge in [-0.25, -0.2) is 4.98 Å². The third kappa shape index (κ3) is 2.95. The molecule has 1 aliphatic rings. The molecule has 0 radical (unpaired) electrons. The van der Waals surface area contributed by atoms with Crippen LogP contribution in [0.15, 0.2) is 30.3 Å². The van der Waals surface area contributed by atoms with E-state index in [2.05, 4.69) is 34.4 Å². The Kier molecular flexibility index (Phi) is 4.20. The minimum absolute atomic E-state index is 0.589. The lowest BCUT2D eigenvalue weighted by Gasteiger charge is -2.31. The van der Waals surface area contributed by atoms with Gasteiger partial charge in [-0.05, 0) is 38.6 Å². The van der Waals surface area contributed by atoms with Gasteiger partial charge < -0.3 is 5.32 Å². The molecule has 0 aliphatic carbocycles. The van der Waals surface area contributed by atoms with E-state index in [1.165, 1.54) is 12.8 Å². The van der Waals surface area contributed by atoms with Crippen molar-refractivity contribution in [2.75, 3.05) is 20.1 Å². The van der Waals surface area contributed by atoms with Crippen LogP contribution in [0.5, 0.6) is 0 Å². The van der Waals surface area contributed by atoms with Crippen molar-refractivity contribution in [3.05, 3.63) is 41.0 Å². The molecule has 0 amide bonds. The van der Waals surface area contributed by atoms with Gasteiger partial charge in [0, 0.05) is 30.1 Å². The van der Waals surface area contributed by atoms with Gasteiger partial charge in [-0.15, -0.1) is 0 Å². The summed E-state index contributed by atoms with van der Waals surface area (Å²) in [6.45, 7) is 3.06. The molecule has 2 aromatic rings. The molecule has 1 fully saturated rings. The molecule has 0 saturated carbocycles. The minimum Gasteiger partial charge on any atom is -0.315 e. The molecule has 4 heteroatoms. The standard InChI is InChI=1S/C16H20ClN3/c1-20(14-6-4-8-18-10-14)11-13-9-12-5-2-3-7-15(12)19-16(13)17/h2-3,5,7,9,14,18H,4,6,8,10-11H2,1H3. The van der Waals surface area contributed by atoms with Crippen LogP contribution in [0.2, 0.25) is 5.15 Å². The second kappa shape index (κ2) is 6.08. The number of halogens is 1. The highest BCUT2D eigenvalue weighted by Crippen LogP contribution is 2.22. The number of benzene rings is 1. The zero-order valence-electron chi connectivity index (χ0n) is 11.8. The Labute approximate surface area is 124 Å². The fourth-order valence-corrected chi connectivity index (χ4v) is 3.06. The SMILES string of the molecule is CN(Cc1cc2ccccc2nc1Cl)C1CCCNC1. The van der Waals surface area contributed by atoms with Crippen LogP contribution in [-0.4, -0.2) is 36.1 Å². The molecule has 1 aromatic carbocycles. The number of pyridine rings is 1. The van der Waals surface area contributed by atoms with Crippen molar-refractivity contribution in [2.45, 2.75) is 25.4 Å². The van der Waals surface area contributed by atoms with Gasteiger partial charge in [-0.2, -0.15) is 0 Å². The van der Waals surface area contributed by atoms with Gasteiger partial charge in [-0.3, -0.25) is 4.90 Å². The Morgan fingerprint density at radius 3 is 3.05 bits per heavy atom. The second-order valence-corrected chi connectivity index (χ2v) is 5.90. The number of rotatable bonds is 3. The number of para-hydroxylation sites is 1. The van der Waals surface area contributed by atoms with Gasteiger partial charge in [0.2, 0.25) is 0 Å². The van der Waals surface area contributed by atoms with Crippen molar-refractivity contribution >= 4 is 22.5 Å². The summed E-state index contributed by atoms with van der Waals surface area (Å²) in [5.74, 6) is 0. The van der Waals surface area contributed by atoms with E-state index in [-0.39, 0.29) is 0 Å². The van der Waals surface area contributed by atoms with Crippen molar-refractivity contribution < 1.29 is 0 Å². The highest BCUT2D eigenvalue weighted by molar-refractivity contribution is 6.30. The van der Waals surface area contributed by atoms with E-state index < -0.39 is 0 Å². The van der Waals surface area contributed by atoms with Gasteiger partial charge in [0.1, 0.15) is 5.15 Å². The summed E-state index contributed by atoms with van der Waals surface area (Å²) in [5.41, 5.74) is 2.07. The summed E-state index contributed by atoms with van der Waals surface area (Å²) in [5, 5.41) is 5.23. The molecule has 1 N–H and O–H groups in total.